The second kappa shape index (κ2) is 7.02. The van der Waals surface area contributed by atoms with Crippen LogP contribution in [-0.2, 0) is 25.9 Å². The summed E-state index contributed by atoms with van der Waals surface area (Å²) in [5.74, 6) is -0.0203. The molecule has 1 aliphatic rings. The summed E-state index contributed by atoms with van der Waals surface area (Å²) in [4.78, 5) is 13.0. The summed E-state index contributed by atoms with van der Waals surface area (Å²) in [6.07, 6.45) is 4.25. The van der Waals surface area contributed by atoms with Crippen molar-refractivity contribution < 1.29 is 4.79 Å². The number of aryl methyl sites for hydroxylation is 4. The van der Waals surface area contributed by atoms with Crippen LogP contribution in [0, 0.1) is 13.8 Å². The molecule has 25 heavy (non-hydrogen) atoms. The second-order valence-corrected chi connectivity index (χ2v) is 6.89. The number of aromatic nitrogens is 4. The molecule has 1 atom stereocenters. The standard InChI is InChI=1S/C19H29N5O/c1-6-23-14(5)17(13(4)21-23)12(3)20-19(25)18-15-10-8-9-11-16(15)22-24(18)7-2/h12H,6-11H2,1-5H3,(H,20,25)/t12-/m0/s1. The van der Waals surface area contributed by atoms with Gasteiger partial charge in [0.05, 0.1) is 17.4 Å². The molecule has 1 amide bonds. The van der Waals surface area contributed by atoms with E-state index in [-0.39, 0.29) is 11.9 Å². The van der Waals surface area contributed by atoms with Crippen molar-refractivity contribution in [1.82, 2.24) is 24.9 Å². The van der Waals surface area contributed by atoms with Crippen LogP contribution in [0.3, 0.4) is 0 Å². The van der Waals surface area contributed by atoms with E-state index in [4.69, 9.17) is 0 Å². The molecular formula is C19H29N5O. The van der Waals surface area contributed by atoms with E-state index in [1.165, 1.54) is 6.42 Å². The molecule has 0 bridgehead atoms. The predicted molar refractivity (Wildman–Crippen MR) is 97.8 cm³/mol. The first-order chi connectivity index (χ1) is 12.0. The van der Waals surface area contributed by atoms with E-state index >= 15 is 0 Å². The number of nitrogens with one attached hydrogen (secondary N) is 1. The summed E-state index contributed by atoms with van der Waals surface area (Å²) >= 11 is 0. The van der Waals surface area contributed by atoms with Crippen LogP contribution in [0.1, 0.15) is 78.4 Å². The van der Waals surface area contributed by atoms with Gasteiger partial charge in [-0.15, -0.1) is 0 Å². The van der Waals surface area contributed by atoms with Gasteiger partial charge in [0.1, 0.15) is 5.69 Å². The van der Waals surface area contributed by atoms with Gasteiger partial charge in [0.25, 0.3) is 5.91 Å². The average Bonchev–Trinajstić information content (AvgIpc) is 3.11. The molecule has 3 rings (SSSR count). The fourth-order valence-corrected chi connectivity index (χ4v) is 4.07. The van der Waals surface area contributed by atoms with Crippen LogP contribution in [0.5, 0.6) is 0 Å². The molecule has 0 fully saturated rings. The molecule has 0 saturated carbocycles. The fraction of sp³-hybridized carbons (Fsp3) is 0.632. The van der Waals surface area contributed by atoms with Gasteiger partial charge in [-0.3, -0.25) is 14.2 Å². The maximum Gasteiger partial charge on any atom is 0.270 e. The lowest BCUT2D eigenvalue weighted by Gasteiger charge is -2.17. The van der Waals surface area contributed by atoms with E-state index < -0.39 is 0 Å². The Kier molecular flexibility index (Phi) is 4.97. The van der Waals surface area contributed by atoms with Crippen LogP contribution in [0.25, 0.3) is 0 Å². The van der Waals surface area contributed by atoms with Gasteiger partial charge in [-0.1, -0.05) is 0 Å². The zero-order valence-electron chi connectivity index (χ0n) is 16.0. The highest BCUT2D eigenvalue weighted by molar-refractivity contribution is 5.94. The predicted octanol–water partition coefficient (Wildman–Crippen LogP) is 3.11. The number of hydrogen-bond acceptors (Lipinski definition) is 3. The zero-order valence-corrected chi connectivity index (χ0v) is 16.0. The first-order valence-corrected chi connectivity index (χ1v) is 9.41. The molecule has 0 aromatic carbocycles. The number of rotatable bonds is 5. The van der Waals surface area contributed by atoms with Crippen molar-refractivity contribution >= 4 is 5.91 Å². The van der Waals surface area contributed by atoms with Crippen molar-refractivity contribution in [2.24, 2.45) is 0 Å². The molecule has 0 unspecified atom stereocenters. The maximum absolute atomic E-state index is 13.0. The highest BCUT2D eigenvalue weighted by atomic mass is 16.2. The minimum absolute atomic E-state index is 0.0203. The van der Waals surface area contributed by atoms with E-state index in [1.807, 2.05) is 30.1 Å². The van der Waals surface area contributed by atoms with Crippen molar-refractivity contribution in [3.05, 3.63) is 33.9 Å². The highest BCUT2D eigenvalue weighted by Crippen LogP contribution is 2.26. The molecule has 1 aliphatic carbocycles. The second-order valence-electron chi connectivity index (χ2n) is 6.89. The zero-order chi connectivity index (χ0) is 18.1. The summed E-state index contributed by atoms with van der Waals surface area (Å²) in [5, 5.41) is 12.4. The Bertz CT molecular complexity index is 786. The van der Waals surface area contributed by atoms with Crippen LogP contribution < -0.4 is 5.32 Å². The Labute approximate surface area is 149 Å². The minimum Gasteiger partial charge on any atom is -0.344 e. The monoisotopic (exact) mass is 343 g/mol. The molecule has 2 aromatic heterocycles. The smallest absolute Gasteiger partial charge is 0.270 e. The van der Waals surface area contributed by atoms with E-state index in [9.17, 15) is 4.79 Å². The first-order valence-electron chi connectivity index (χ1n) is 9.41. The van der Waals surface area contributed by atoms with Gasteiger partial charge in [-0.2, -0.15) is 10.2 Å². The van der Waals surface area contributed by atoms with Crippen LogP contribution in [0.15, 0.2) is 0 Å². The lowest BCUT2D eigenvalue weighted by Crippen LogP contribution is -2.30. The first kappa shape index (κ1) is 17.7. The third-order valence-electron chi connectivity index (χ3n) is 5.26. The molecule has 0 spiro atoms. The topological polar surface area (TPSA) is 64.7 Å². The minimum atomic E-state index is -0.0766. The van der Waals surface area contributed by atoms with Gasteiger partial charge in [0.2, 0.25) is 0 Å². The van der Waals surface area contributed by atoms with Gasteiger partial charge in [0, 0.05) is 29.9 Å². The van der Waals surface area contributed by atoms with Crippen molar-refractivity contribution in [2.75, 3.05) is 0 Å². The molecule has 0 radical (unpaired) electrons. The molecule has 2 aromatic rings. The van der Waals surface area contributed by atoms with E-state index in [0.717, 1.165) is 66.3 Å². The number of fused-ring (bicyclic) bond motifs is 1. The normalized spacial score (nSPS) is 15.1. The third kappa shape index (κ3) is 3.10. The molecule has 1 N–H and O–H groups in total. The van der Waals surface area contributed by atoms with E-state index in [1.54, 1.807) is 0 Å². The van der Waals surface area contributed by atoms with Crippen molar-refractivity contribution in [3.8, 4) is 0 Å². The number of nitrogens with zero attached hydrogens (tertiary/aromatic N) is 4. The largest absolute Gasteiger partial charge is 0.344 e. The van der Waals surface area contributed by atoms with Crippen molar-refractivity contribution in [3.63, 3.8) is 0 Å². The van der Waals surface area contributed by atoms with E-state index in [0.29, 0.717) is 0 Å². The lowest BCUT2D eigenvalue weighted by atomic mass is 9.95. The lowest BCUT2D eigenvalue weighted by molar-refractivity contribution is 0.0928. The van der Waals surface area contributed by atoms with Crippen LogP contribution >= 0.6 is 0 Å². The highest BCUT2D eigenvalue weighted by Gasteiger charge is 2.27. The van der Waals surface area contributed by atoms with Crippen LogP contribution in [0.4, 0.5) is 0 Å². The summed E-state index contributed by atoms with van der Waals surface area (Å²) < 4.78 is 3.86. The Morgan fingerprint density at radius 2 is 1.80 bits per heavy atom. The maximum atomic E-state index is 13.0. The van der Waals surface area contributed by atoms with Crippen molar-refractivity contribution in [2.45, 2.75) is 79.4 Å². The molecular weight excluding hydrogens is 314 g/mol. The summed E-state index contributed by atoms with van der Waals surface area (Å²) in [5.41, 5.74) is 6.23. The molecule has 0 saturated heterocycles. The SMILES string of the molecule is CCn1nc(C)c([C@H](C)NC(=O)c2c3c(nn2CC)CCCC3)c1C. The van der Waals surface area contributed by atoms with Gasteiger partial charge >= 0.3 is 0 Å². The molecule has 2 heterocycles. The van der Waals surface area contributed by atoms with Crippen LogP contribution in [0.2, 0.25) is 0 Å². The summed E-state index contributed by atoms with van der Waals surface area (Å²) in [6.45, 7) is 11.8. The van der Waals surface area contributed by atoms with Crippen LogP contribution in [-0.4, -0.2) is 25.5 Å². The number of hydrogen-bond donors (Lipinski definition) is 1. The number of carbonyl (C=O) groups is 1. The van der Waals surface area contributed by atoms with Gasteiger partial charge in [0.15, 0.2) is 0 Å². The molecule has 6 heteroatoms. The molecule has 136 valence electrons. The Morgan fingerprint density at radius 3 is 2.44 bits per heavy atom. The number of amides is 1. The third-order valence-corrected chi connectivity index (χ3v) is 5.26. The number of carbonyl (C=O) groups excluding carboxylic acids is 1. The van der Waals surface area contributed by atoms with Gasteiger partial charge in [-0.25, -0.2) is 0 Å². The molecule has 6 nitrogen and oxygen atoms in total. The fourth-order valence-electron chi connectivity index (χ4n) is 4.07. The van der Waals surface area contributed by atoms with E-state index in [2.05, 4.69) is 29.4 Å². The quantitative estimate of drug-likeness (QED) is 0.907. The summed E-state index contributed by atoms with van der Waals surface area (Å²) in [7, 11) is 0. The Morgan fingerprint density at radius 1 is 1.12 bits per heavy atom. The summed E-state index contributed by atoms with van der Waals surface area (Å²) in [6, 6.07) is -0.0766. The van der Waals surface area contributed by atoms with Gasteiger partial charge in [-0.05, 0) is 60.3 Å². The Balaban J connectivity index is 1.88. The Hall–Kier alpha value is -2.11. The average molecular weight is 343 g/mol. The van der Waals surface area contributed by atoms with Crippen molar-refractivity contribution in [1.29, 1.82) is 0 Å². The van der Waals surface area contributed by atoms with Gasteiger partial charge < -0.3 is 5.32 Å². The molecule has 0 aliphatic heterocycles.